The molecule has 0 aliphatic heterocycles. The molecule has 0 radical (unpaired) electrons. The lowest BCUT2D eigenvalue weighted by atomic mass is 10.2. The second-order valence-electron chi connectivity index (χ2n) is 3.70. The van der Waals surface area contributed by atoms with Gasteiger partial charge >= 0.3 is 5.97 Å². The van der Waals surface area contributed by atoms with Gasteiger partial charge in [0, 0.05) is 12.3 Å². The zero-order valence-electron chi connectivity index (χ0n) is 9.64. The van der Waals surface area contributed by atoms with Crippen LogP contribution in [-0.4, -0.2) is 16.1 Å². The number of carboxylic acids is 1. The Morgan fingerprint density at radius 2 is 2.21 bits per heavy atom. The third-order valence-electron chi connectivity index (χ3n) is 2.34. The number of hydrogen-bond donors (Lipinski definition) is 1. The van der Waals surface area contributed by atoms with E-state index in [0.29, 0.717) is 5.75 Å². The molecule has 0 unspecified atom stereocenters. The SMILES string of the molecule is O=C(O)c1cc(Cl)cnc1COc1cccc(F)c1. The number of rotatable bonds is 4. The Balaban J connectivity index is 2.17. The van der Waals surface area contributed by atoms with E-state index in [1.165, 1.54) is 30.5 Å². The molecule has 2 aromatic rings. The van der Waals surface area contributed by atoms with Crippen molar-refractivity contribution in [2.24, 2.45) is 0 Å². The Labute approximate surface area is 113 Å². The third kappa shape index (κ3) is 3.42. The summed E-state index contributed by atoms with van der Waals surface area (Å²) in [5, 5.41) is 9.25. The van der Waals surface area contributed by atoms with Crippen molar-refractivity contribution in [2.75, 3.05) is 0 Å². The van der Waals surface area contributed by atoms with E-state index in [-0.39, 0.29) is 22.9 Å². The van der Waals surface area contributed by atoms with E-state index >= 15 is 0 Å². The lowest BCUT2D eigenvalue weighted by molar-refractivity contribution is 0.0693. The fraction of sp³-hybridized carbons (Fsp3) is 0.0769. The molecule has 19 heavy (non-hydrogen) atoms. The molecule has 0 atom stereocenters. The van der Waals surface area contributed by atoms with E-state index in [1.54, 1.807) is 6.07 Å². The summed E-state index contributed by atoms with van der Waals surface area (Å²) in [5.41, 5.74) is 0.185. The first kappa shape index (κ1) is 13.3. The molecule has 1 heterocycles. The summed E-state index contributed by atoms with van der Waals surface area (Å²) >= 11 is 5.68. The number of halogens is 2. The first-order chi connectivity index (χ1) is 9.06. The second kappa shape index (κ2) is 5.67. The predicted molar refractivity (Wildman–Crippen MR) is 66.9 cm³/mol. The number of pyridine rings is 1. The van der Waals surface area contributed by atoms with E-state index in [1.807, 2.05) is 0 Å². The fourth-order valence-corrected chi connectivity index (χ4v) is 1.63. The zero-order valence-corrected chi connectivity index (χ0v) is 10.4. The van der Waals surface area contributed by atoms with Crippen LogP contribution in [0.1, 0.15) is 16.1 Å². The quantitative estimate of drug-likeness (QED) is 0.935. The minimum absolute atomic E-state index is 0.0381. The number of ether oxygens (including phenoxy) is 1. The topological polar surface area (TPSA) is 59.4 Å². The number of hydrogen-bond acceptors (Lipinski definition) is 3. The first-order valence-corrected chi connectivity index (χ1v) is 5.70. The molecule has 1 aromatic heterocycles. The van der Waals surface area contributed by atoms with E-state index in [0.717, 1.165) is 0 Å². The van der Waals surface area contributed by atoms with Crippen LogP contribution in [0.5, 0.6) is 5.75 Å². The van der Waals surface area contributed by atoms with Gasteiger partial charge in [0.05, 0.1) is 16.3 Å². The number of benzene rings is 1. The Morgan fingerprint density at radius 3 is 2.89 bits per heavy atom. The largest absolute Gasteiger partial charge is 0.487 e. The smallest absolute Gasteiger partial charge is 0.337 e. The average molecular weight is 282 g/mol. The summed E-state index contributed by atoms with van der Waals surface area (Å²) in [6, 6.07) is 6.85. The second-order valence-corrected chi connectivity index (χ2v) is 4.14. The highest BCUT2D eigenvalue weighted by atomic mass is 35.5. The standard InChI is InChI=1S/C13H9ClFNO3/c14-8-4-11(13(17)18)12(16-6-8)7-19-10-3-1-2-9(15)5-10/h1-6H,7H2,(H,17,18). The van der Waals surface area contributed by atoms with Crippen molar-refractivity contribution in [1.82, 2.24) is 4.98 Å². The van der Waals surface area contributed by atoms with Crippen LogP contribution in [-0.2, 0) is 6.61 Å². The summed E-state index contributed by atoms with van der Waals surface area (Å²) in [7, 11) is 0. The van der Waals surface area contributed by atoms with Crippen LogP contribution in [0.25, 0.3) is 0 Å². The van der Waals surface area contributed by atoms with Gasteiger partial charge in [-0.3, -0.25) is 4.98 Å². The van der Waals surface area contributed by atoms with E-state index < -0.39 is 11.8 Å². The lowest BCUT2D eigenvalue weighted by Gasteiger charge is -2.08. The van der Waals surface area contributed by atoms with Gasteiger partial charge in [-0.05, 0) is 18.2 Å². The van der Waals surface area contributed by atoms with E-state index in [2.05, 4.69) is 4.98 Å². The van der Waals surface area contributed by atoms with Crippen molar-refractivity contribution < 1.29 is 19.0 Å². The number of aromatic nitrogens is 1. The van der Waals surface area contributed by atoms with Crippen LogP contribution in [0.3, 0.4) is 0 Å². The van der Waals surface area contributed by atoms with Crippen LogP contribution in [0.2, 0.25) is 5.02 Å². The minimum atomic E-state index is -1.15. The Kier molecular flexibility index (Phi) is 3.97. The molecule has 0 aliphatic carbocycles. The van der Waals surface area contributed by atoms with E-state index in [9.17, 15) is 9.18 Å². The molecule has 98 valence electrons. The lowest BCUT2D eigenvalue weighted by Crippen LogP contribution is -2.08. The molecule has 2 rings (SSSR count). The van der Waals surface area contributed by atoms with Crippen LogP contribution in [0.4, 0.5) is 4.39 Å². The first-order valence-electron chi connectivity index (χ1n) is 5.32. The monoisotopic (exact) mass is 281 g/mol. The van der Waals surface area contributed by atoms with Crippen LogP contribution in [0, 0.1) is 5.82 Å². The summed E-state index contributed by atoms with van der Waals surface area (Å²) in [6.45, 7) is -0.0811. The highest BCUT2D eigenvalue weighted by molar-refractivity contribution is 6.30. The normalized spacial score (nSPS) is 10.2. The van der Waals surface area contributed by atoms with Crippen LogP contribution >= 0.6 is 11.6 Å². The number of carboxylic acid groups (broad SMARTS) is 1. The Hall–Kier alpha value is -2.14. The van der Waals surface area contributed by atoms with Crippen LogP contribution in [0.15, 0.2) is 36.5 Å². The van der Waals surface area contributed by atoms with Gasteiger partial charge in [0.25, 0.3) is 0 Å². The van der Waals surface area contributed by atoms with Crippen molar-refractivity contribution >= 4 is 17.6 Å². The van der Waals surface area contributed by atoms with Gasteiger partial charge in [-0.25, -0.2) is 9.18 Å². The maximum Gasteiger partial charge on any atom is 0.337 e. The molecular formula is C13H9ClFNO3. The maximum atomic E-state index is 12.9. The Bertz CT molecular complexity index is 619. The number of carbonyl (C=O) groups is 1. The molecule has 1 aromatic carbocycles. The molecule has 0 bridgehead atoms. The predicted octanol–water partition coefficient (Wildman–Crippen LogP) is 3.15. The maximum absolute atomic E-state index is 12.9. The molecule has 1 N–H and O–H groups in total. The van der Waals surface area contributed by atoms with Gasteiger partial charge in [-0.2, -0.15) is 0 Å². The van der Waals surface area contributed by atoms with Gasteiger partial charge in [0.1, 0.15) is 18.2 Å². The molecular weight excluding hydrogens is 273 g/mol. The third-order valence-corrected chi connectivity index (χ3v) is 2.55. The van der Waals surface area contributed by atoms with Crippen molar-refractivity contribution in [2.45, 2.75) is 6.61 Å². The molecule has 6 heteroatoms. The molecule has 0 amide bonds. The molecule has 0 saturated carbocycles. The van der Waals surface area contributed by atoms with Crippen molar-refractivity contribution in [3.05, 3.63) is 58.6 Å². The highest BCUT2D eigenvalue weighted by Gasteiger charge is 2.12. The summed E-state index contributed by atoms with van der Waals surface area (Å²) in [4.78, 5) is 14.9. The summed E-state index contributed by atoms with van der Waals surface area (Å²) in [6.07, 6.45) is 1.33. The van der Waals surface area contributed by atoms with Gasteiger partial charge in [0.2, 0.25) is 0 Å². The molecule has 4 nitrogen and oxygen atoms in total. The molecule has 0 saturated heterocycles. The summed E-state index contributed by atoms with van der Waals surface area (Å²) < 4.78 is 18.2. The fourth-order valence-electron chi connectivity index (χ4n) is 1.48. The number of aromatic carboxylic acids is 1. The van der Waals surface area contributed by atoms with Gasteiger partial charge in [-0.1, -0.05) is 17.7 Å². The molecule has 0 aliphatic rings. The van der Waals surface area contributed by atoms with Crippen molar-refractivity contribution in [3.8, 4) is 5.75 Å². The minimum Gasteiger partial charge on any atom is -0.487 e. The van der Waals surface area contributed by atoms with Gasteiger partial charge < -0.3 is 9.84 Å². The van der Waals surface area contributed by atoms with Crippen molar-refractivity contribution in [1.29, 1.82) is 0 Å². The number of nitrogens with zero attached hydrogens (tertiary/aromatic N) is 1. The van der Waals surface area contributed by atoms with Crippen molar-refractivity contribution in [3.63, 3.8) is 0 Å². The van der Waals surface area contributed by atoms with Gasteiger partial charge in [-0.15, -0.1) is 0 Å². The highest BCUT2D eigenvalue weighted by Crippen LogP contribution is 2.17. The van der Waals surface area contributed by atoms with E-state index in [4.69, 9.17) is 21.4 Å². The van der Waals surface area contributed by atoms with Crippen LogP contribution < -0.4 is 4.74 Å². The zero-order chi connectivity index (χ0) is 13.8. The molecule has 0 spiro atoms. The Morgan fingerprint density at radius 1 is 1.42 bits per heavy atom. The van der Waals surface area contributed by atoms with Gasteiger partial charge in [0.15, 0.2) is 0 Å². The molecule has 0 fully saturated rings. The average Bonchev–Trinajstić information content (AvgIpc) is 2.37. The summed E-state index contributed by atoms with van der Waals surface area (Å²) in [5.74, 6) is -1.28.